The third kappa shape index (κ3) is 2.36. The molecule has 12 heavy (non-hydrogen) atoms. The van der Waals surface area contributed by atoms with Crippen molar-refractivity contribution in [2.24, 2.45) is 5.73 Å². The fourth-order valence-corrected chi connectivity index (χ4v) is 0.816. The number of hydrogen-bond donors (Lipinski definition) is 1. The van der Waals surface area contributed by atoms with Crippen LogP contribution in [0, 0.1) is 6.23 Å². The van der Waals surface area contributed by atoms with Crippen LogP contribution in [0.2, 0.25) is 0 Å². The summed E-state index contributed by atoms with van der Waals surface area (Å²) in [6.45, 7) is 1.32. The molecular formula is C9H10NO2. The summed E-state index contributed by atoms with van der Waals surface area (Å²) in [4.78, 5) is 10.5. The lowest BCUT2D eigenvalue weighted by atomic mass is 10.2. The van der Waals surface area contributed by atoms with Gasteiger partial charge in [0.15, 0.2) is 0 Å². The maximum Gasteiger partial charge on any atom is 0.304 e. The normalized spacial score (nSPS) is 9.92. The molecule has 0 aliphatic rings. The van der Waals surface area contributed by atoms with Crippen molar-refractivity contribution in [2.45, 2.75) is 6.92 Å². The standard InChI is InChI=1S/C9H10NO2/c1-7(11)12-9(10)8-5-3-2-4-6-8/h2-6H,10H2,1H3. The highest BCUT2D eigenvalue weighted by atomic mass is 16.5. The molecule has 0 unspecified atom stereocenters. The summed E-state index contributed by atoms with van der Waals surface area (Å²) in [5.41, 5.74) is 6.18. The maximum atomic E-state index is 10.5. The largest absolute Gasteiger partial charge is 0.434 e. The first-order valence-corrected chi connectivity index (χ1v) is 3.56. The Labute approximate surface area is 71.1 Å². The summed E-state index contributed by atoms with van der Waals surface area (Å²) >= 11 is 0. The first-order chi connectivity index (χ1) is 5.70. The van der Waals surface area contributed by atoms with Crippen LogP contribution in [0.5, 0.6) is 0 Å². The topological polar surface area (TPSA) is 52.3 Å². The number of benzene rings is 1. The molecule has 0 bridgehead atoms. The van der Waals surface area contributed by atoms with E-state index in [1.54, 1.807) is 12.1 Å². The molecule has 0 aliphatic carbocycles. The van der Waals surface area contributed by atoms with Gasteiger partial charge in [-0.3, -0.25) is 10.5 Å². The molecule has 0 fully saturated rings. The summed E-state index contributed by atoms with van der Waals surface area (Å²) in [7, 11) is 0. The Morgan fingerprint density at radius 1 is 1.33 bits per heavy atom. The molecule has 3 nitrogen and oxygen atoms in total. The van der Waals surface area contributed by atoms with Gasteiger partial charge in [0.2, 0.25) is 6.23 Å². The monoisotopic (exact) mass is 164 g/mol. The highest BCUT2D eigenvalue weighted by molar-refractivity contribution is 5.67. The lowest BCUT2D eigenvalue weighted by Gasteiger charge is -2.08. The van der Waals surface area contributed by atoms with Crippen molar-refractivity contribution in [1.29, 1.82) is 0 Å². The van der Waals surface area contributed by atoms with Gasteiger partial charge in [-0.25, -0.2) is 0 Å². The second kappa shape index (κ2) is 3.88. The minimum atomic E-state index is -0.406. The van der Waals surface area contributed by atoms with Gasteiger partial charge in [-0.2, -0.15) is 0 Å². The predicted molar refractivity (Wildman–Crippen MR) is 44.7 cm³/mol. The zero-order valence-corrected chi connectivity index (χ0v) is 6.78. The van der Waals surface area contributed by atoms with Crippen molar-refractivity contribution in [2.75, 3.05) is 0 Å². The highest BCUT2D eigenvalue weighted by Crippen LogP contribution is 2.09. The molecule has 0 heterocycles. The summed E-state index contributed by atoms with van der Waals surface area (Å²) in [5, 5.41) is 0. The SMILES string of the molecule is CC(=O)O[C](N)c1ccccc1. The molecule has 0 aliphatic heterocycles. The van der Waals surface area contributed by atoms with Crippen LogP contribution in [0.4, 0.5) is 0 Å². The number of nitrogens with two attached hydrogens (primary N) is 1. The maximum absolute atomic E-state index is 10.5. The van der Waals surface area contributed by atoms with Gasteiger partial charge in [-0.1, -0.05) is 30.3 Å². The fourth-order valence-electron chi connectivity index (χ4n) is 0.816. The van der Waals surface area contributed by atoms with E-state index in [1.165, 1.54) is 6.92 Å². The van der Waals surface area contributed by atoms with Gasteiger partial charge in [0.1, 0.15) is 0 Å². The van der Waals surface area contributed by atoms with Gasteiger partial charge < -0.3 is 4.74 Å². The third-order valence-electron chi connectivity index (χ3n) is 1.31. The van der Waals surface area contributed by atoms with Crippen molar-refractivity contribution in [3.05, 3.63) is 42.1 Å². The summed E-state index contributed by atoms with van der Waals surface area (Å²) in [6.07, 6.45) is 0.142. The minimum absolute atomic E-state index is 0.142. The Morgan fingerprint density at radius 2 is 1.92 bits per heavy atom. The molecule has 1 aromatic carbocycles. The van der Waals surface area contributed by atoms with Gasteiger partial charge >= 0.3 is 5.97 Å². The number of rotatable bonds is 2. The van der Waals surface area contributed by atoms with Crippen molar-refractivity contribution in [3.8, 4) is 0 Å². The molecular weight excluding hydrogens is 154 g/mol. The fraction of sp³-hybridized carbons (Fsp3) is 0.111. The van der Waals surface area contributed by atoms with Gasteiger partial charge in [0, 0.05) is 12.5 Å². The summed E-state index contributed by atoms with van der Waals surface area (Å²) in [6, 6.07) is 9.07. The van der Waals surface area contributed by atoms with Crippen molar-refractivity contribution in [3.63, 3.8) is 0 Å². The van der Waals surface area contributed by atoms with E-state index in [0.717, 1.165) is 0 Å². The Bertz CT molecular complexity index is 258. The Balaban J connectivity index is 2.65. The molecule has 0 amide bonds. The van der Waals surface area contributed by atoms with Crippen molar-refractivity contribution in [1.82, 2.24) is 0 Å². The van der Waals surface area contributed by atoms with E-state index in [0.29, 0.717) is 5.56 Å². The van der Waals surface area contributed by atoms with Crippen LogP contribution in [0.25, 0.3) is 0 Å². The smallest absolute Gasteiger partial charge is 0.304 e. The quantitative estimate of drug-likeness (QED) is 0.664. The lowest BCUT2D eigenvalue weighted by Crippen LogP contribution is -2.17. The van der Waals surface area contributed by atoms with Gasteiger partial charge in [-0.05, 0) is 0 Å². The van der Waals surface area contributed by atoms with E-state index in [-0.39, 0.29) is 6.23 Å². The van der Waals surface area contributed by atoms with Crippen LogP contribution < -0.4 is 5.73 Å². The number of hydrogen-bond acceptors (Lipinski definition) is 3. The van der Waals surface area contributed by atoms with Crippen LogP contribution in [0.3, 0.4) is 0 Å². The highest BCUT2D eigenvalue weighted by Gasteiger charge is 2.09. The molecule has 0 aromatic heterocycles. The van der Waals surface area contributed by atoms with E-state index in [4.69, 9.17) is 10.5 Å². The lowest BCUT2D eigenvalue weighted by molar-refractivity contribution is -0.139. The predicted octanol–water partition coefficient (Wildman–Crippen LogP) is 1.05. The van der Waals surface area contributed by atoms with Crippen molar-refractivity contribution < 1.29 is 9.53 Å². The summed E-state index contributed by atoms with van der Waals surface area (Å²) in [5.74, 6) is -0.406. The van der Waals surface area contributed by atoms with Gasteiger partial charge in [0.05, 0.1) is 0 Å². The average molecular weight is 164 g/mol. The molecule has 0 saturated heterocycles. The second-order valence-corrected chi connectivity index (χ2v) is 2.32. The van der Waals surface area contributed by atoms with Crippen LogP contribution in [-0.4, -0.2) is 5.97 Å². The molecule has 2 N–H and O–H groups in total. The van der Waals surface area contributed by atoms with Crippen LogP contribution in [0.1, 0.15) is 12.5 Å². The summed E-state index contributed by atoms with van der Waals surface area (Å²) < 4.78 is 4.69. The third-order valence-corrected chi connectivity index (χ3v) is 1.31. The van der Waals surface area contributed by atoms with E-state index >= 15 is 0 Å². The zero-order chi connectivity index (χ0) is 8.97. The molecule has 3 heteroatoms. The van der Waals surface area contributed by atoms with E-state index in [9.17, 15) is 4.79 Å². The van der Waals surface area contributed by atoms with E-state index < -0.39 is 5.97 Å². The van der Waals surface area contributed by atoms with E-state index in [1.807, 2.05) is 18.2 Å². The second-order valence-electron chi connectivity index (χ2n) is 2.32. The average Bonchev–Trinajstić information content (AvgIpc) is 2.05. The minimum Gasteiger partial charge on any atom is -0.434 e. The molecule has 1 radical (unpaired) electrons. The Hall–Kier alpha value is -1.35. The van der Waals surface area contributed by atoms with Gasteiger partial charge in [-0.15, -0.1) is 0 Å². The first-order valence-electron chi connectivity index (χ1n) is 3.56. The molecule has 0 atom stereocenters. The van der Waals surface area contributed by atoms with E-state index in [2.05, 4.69) is 0 Å². The van der Waals surface area contributed by atoms with Crippen molar-refractivity contribution >= 4 is 5.97 Å². The molecule has 0 spiro atoms. The Kier molecular flexibility index (Phi) is 2.82. The Morgan fingerprint density at radius 3 is 2.42 bits per heavy atom. The van der Waals surface area contributed by atoms with Crippen LogP contribution in [0.15, 0.2) is 30.3 Å². The molecule has 0 saturated carbocycles. The first kappa shape index (κ1) is 8.74. The number of carbonyl (C=O) groups excluding carboxylic acids is 1. The number of esters is 1. The number of carbonyl (C=O) groups is 1. The van der Waals surface area contributed by atoms with Crippen LogP contribution in [-0.2, 0) is 9.53 Å². The number of ether oxygens (including phenoxy) is 1. The zero-order valence-electron chi connectivity index (χ0n) is 6.78. The molecule has 1 rings (SSSR count). The van der Waals surface area contributed by atoms with Gasteiger partial charge in [0.25, 0.3) is 0 Å². The molecule has 63 valence electrons. The molecule has 1 aromatic rings. The van der Waals surface area contributed by atoms with Crippen LogP contribution >= 0.6 is 0 Å².